The smallest absolute Gasteiger partial charge is 0.334 e. The van der Waals surface area contributed by atoms with E-state index in [2.05, 4.69) is 5.32 Å². The fourth-order valence-electron chi connectivity index (χ4n) is 1.69. The quantitative estimate of drug-likeness (QED) is 0.781. The van der Waals surface area contributed by atoms with Gasteiger partial charge in [0.05, 0.1) is 11.4 Å². The third-order valence-electron chi connectivity index (χ3n) is 2.70. The molecule has 5 nitrogen and oxygen atoms in total. The van der Waals surface area contributed by atoms with Crippen LogP contribution in [0.4, 0.5) is 0 Å². The molecule has 2 aromatic rings. The minimum atomic E-state index is -1.60. The van der Waals surface area contributed by atoms with Crippen LogP contribution in [0.15, 0.2) is 41.8 Å². The van der Waals surface area contributed by atoms with E-state index in [0.29, 0.717) is 4.88 Å². The molecule has 0 unspecified atom stereocenters. The normalized spacial score (nSPS) is 11.8. The van der Waals surface area contributed by atoms with E-state index in [1.807, 2.05) is 36.4 Å². The number of hydrogen-bond donors (Lipinski definition) is 3. The van der Waals surface area contributed by atoms with Gasteiger partial charge < -0.3 is 15.5 Å². The highest BCUT2D eigenvalue weighted by Gasteiger charge is 2.18. The predicted molar refractivity (Wildman–Crippen MR) is 75.7 cm³/mol. The van der Waals surface area contributed by atoms with Crippen LogP contribution in [0, 0.1) is 0 Å². The molecule has 1 aromatic carbocycles. The Balaban J connectivity index is 2.12. The van der Waals surface area contributed by atoms with Gasteiger partial charge >= 0.3 is 5.97 Å². The van der Waals surface area contributed by atoms with Gasteiger partial charge in [-0.3, -0.25) is 4.79 Å². The minimum Gasteiger partial charge on any atom is -0.479 e. The molecule has 0 aliphatic heterocycles. The molecule has 0 radical (unpaired) electrons. The molecule has 0 spiro atoms. The molecule has 0 saturated heterocycles. The first-order valence-electron chi connectivity index (χ1n) is 5.91. The average Bonchev–Trinajstić information content (AvgIpc) is 2.94. The number of aliphatic hydroxyl groups is 1. The SMILES string of the molecule is O=C(NC[C@H](O)C(=O)O)c1sccc1-c1ccccc1. The van der Waals surface area contributed by atoms with Crippen LogP contribution in [0.5, 0.6) is 0 Å². The monoisotopic (exact) mass is 291 g/mol. The van der Waals surface area contributed by atoms with Crippen molar-refractivity contribution in [2.45, 2.75) is 6.10 Å². The fourth-order valence-corrected chi connectivity index (χ4v) is 2.52. The summed E-state index contributed by atoms with van der Waals surface area (Å²) in [6, 6.07) is 11.3. The number of nitrogens with one attached hydrogen (secondary N) is 1. The van der Waals surface area contributed by atoms with Crippen LogP contribution in [-0.4, -0.2) is 34.7 Å². The summed E-state index contributed by atoms with van der Waals surface area (Å²) in [5.41, 5.74) is 1.70. The van der Waals surface area contributed by atoms with Gasteiger partial charge in [0.2, 0.25) is 0 Å². The second-order valence-electron chi connectivity index (χ2n) is 4.09. The molecule has 0 saturated carbocycles. The van der Waals surface area contributed by atoms with E-state index >= 15 is 0 Å². The summed E-state index contributed by atoms with van der Waals surface area (Å²) in [6.07, 6.45) is -1.60. The van der Waals surface area contributed by atoms with Gasteiger partial charge in [-0.15, -0.1) is 11.3 Å². The maximum Gasteiger partial charge on any atom is 0.334 e. The molecule has 0 aliphatic carbocycles. The average molecular weight is 291 g/mol. The van der Waals surface area contributed by atoms with Crippen LogP contribution >= 0.6 is 11.3 Å². The topological polar surface area (TPSA) is 86.6 Å². The Hall–Kier alpha value is -2.18. The molecular weight excluding hydrogens is 278 g/mol. The summed E-state index contributed by atoms with van der Waals surface area (Å²) in [5, 5.41) is 21.9. The first kappa shape index (κ1) is 14.2. The molecule has 1 aromatic heterocycles. The Morgan fingerprint density at radius 3 is 2.55 bits per heavy atom. The number of hydrogen-bond acceptors (Lipinski definition) is 4. The van der Waals surface area contributed by atoms with Crippen LogP contribution in [0.2, 0.25) is 0 Å². The lowest BCUT2D eigenvalue weighted by Gasteiger charge is -2.08. The van der Waals surface area contributed by atoms with Crippen LogP contribution in [-0.2, 0) is 4.79 Å². The summed E-state index contributed by atoms with van der Waals surface area (Å²) in [6.45, 7) is -0.319. The van der Waals surface area contributed by atoms with Crippen LogP contribution < -0.4 is 5.32 Å². The third-order valence-corrected chi connectivity index (χ3v) is 3.61. The standard InChI is InChI=1S/C14H13NO4S/c16-11(14(18)19)8-15-13(17)12-10(6-7-20-12)9-4-2-1-3-5-9/h1-7,11,16H,8H2,(H,15,17)(H,18,19)/t11-/m0/s1. The van der Waals surface area contributed by atoms with Gasteiger partial charge in [-0.2, -0.15) is 0 Å². The van der Waals surface area contributed by atoms with Crippen molar-refractivity contribution >= 4 is 23.2 Å². The van der Waals surface area contributed by atoms with E-state index in [1.54, 1.807) is 5.38 Å². The van der Waals surface area contributed by atoms with Gasteiger partial charge in [-0.1, -0.05) is 30.3 Å². The Bertz CT molecular complexity index is 609. The van der Waals surface area contributed by atoms with Crippen molar-refractivity contribution in [2.75, 3.05) is 6.54 Å². The van der Waals surface area contributed by atoms with Gasteiger partial charge in [0.25, 0.3) is 5.91 Å². The number of rotatable bonds is 5. The molecule has 6 heteroatoms. The number of carboxylic acid groups (broad SMARTS) is 1. The van der Waals surface area contributed by atoms with Crippen LogP contribution in [0.25, 0.3) is 11.1 Å². The van der Waals surface area contributed by atoms with Crippen LogP contribution in [0.3, 0.4) is 0 Å². The van der Waals surface area contributed by atoms with Crippen LogP contribution in [0.1, 0.15) is 9.67 Å². The van der Waals surface area contributed by atoms with Gasteiger partial charge in [-0.05, 0) is 17.0 Å². The Labute approximate surface area is 119 Å². The molecule has 2 rings (SSSR count). The fraction of sp³-hybridized carbons (Fsp3) is 0.143. The molecule has 0 fully saturated rings. The highest BCUT2D eigenvalue weighted by molar-refractivity contribution is 7.12. The van der Waals surface area contributed by atoms with E-state index in [1.165, 1.54) is 11.3 Å². The number of aliphatic carboxylic acids is 1. The van der Waals surface area contributed by atoms with E-state index in [-0.39, 0.29) is 12.5 Å². The van der Waals surface area contributed by atoms with Gasteiger partial charge in [0.1, 0.15) is 0 Å². The second kappa shape index (κ2) is 6.31. The van der Waals surface area contributed by atoms with E-state index < -0.39 is 12.1 Å². The Morgan fingerprint density at radius 1 is 1.20 bits per heavy atom. The van der Waals surface area contributed by atoms with E-state index in [0.717, 1.165) is 11.1 Å². The summed E-state index contributed by atoms with van der Waals surface area (Å²) in [7, 11) is 0. The maximum absolute atomic E-state index is 12.0. The lowest BCUT2D eigenvalue weighted by atomic mass is 10.1. The third kappa shape index (κ3) is 3.23. The number of thiophene rings is 1. The van der Waals surface area contributed by atoms with Crippen molar-refractivity contribution < 1.29 is 19.8 Å². The van der Waals surface area contributed by atoms with E-state index in [9.17, 15) is 9.59 Å². The number of benzene rings is 1. The summed E-state index contributed by atoms with van der Waals surface area (Å²) in [4.78, 5) is 23.0. The zero-order valence-electron chi connectivity index (χ0n) is 10.4. The molecule has 104 valence electrons. The first-order chi connectivity index (χ1) is 9.59. The molecular formula is C14H13NO4S. The highest BCUT2D eigenvalue weighted by Crippen LogP contribution is 2.27. The van der Waals surface area contributed by atoms with Crippen molar-refractivity contribution in [1.29, 1.82) is 0 Å². The first-order valence-corrected chi connectivity index (χ1v) is 6.79. The van der Waals surface area contributed by atoms with Crippen molar-refractivity contribution in [1.82, 2.24) is 5.32 Å². The summed E-state index contributed by atoms with van der Waals surface area (Å²) < 4.78 is 0. The molecule has 0 bridgehead atoms. The molecule has 1 amide bonds. The number of carbonyl (C=O) groups is 2. The molecule has 20 heavy (non-hydrogen) atoms. The van der Waals surface area contributed by atoms with Gasteiger partial charge in [0, 0.05) is 5.56 Å². The number of aliphatic hydroxyl groups excluding tert-OH is 1. The minimum absolute atomic E-state index is 0.319. The van der Waals surface area contributed by atoms with Crippen molar-refractivity contribution in [3.63, 3.8) is 0 Å². The molecule has 3 N–H and O–H groups in total. The molecule has 1 heterocycles. The maximum atomic E-state index is 12.0. The molecule has 0 aliphatic rings. The Kier molecular flexibility index (Phi) is 4.49. The van der Waals surface area contributed by atoms with Gasteiger partial charge in [-0.25, -0.2) is 4.79 Å². The Morgan fingerprint density at radius 2 is 1.90 bits per heavy atom. The lowest BCUT2D eigenvalue weighted by Crippen LogP contribution is -2.36. The van der Waals surface area contributed by atoms with Crippen molar-refractivity contribution in [2.24, 2.45) is 0 Å². The largest absolute Gasteiger partial charge is 0.479 e. The number of carboxylic acids is 1. The number of carbonyl (C=O) groups excluding carboxylic acids is 1. The summed E-state index contributed by atoms with van der Waals surface area (Å²) >= 11 is 1.27. The predicted octanol–water partition coefficient (Wildman–Crippen LogP) is 1.59. The highest BCUT2D eigenvalue weighted by atomic mass is 32.1. The zero-order chi connectivity index (χ0) is 14.5. The van der Waals surface area contributed by atoms with Crippen molar-refractivity contribution in [3.8, 4) is 11.1 Å². The van der Waals surface area contributed by atoms with Gasteiger partial charge in [0.15, 0.2) is 6.10 Å². The zero-order valence-corrected chi connectivity index (χ0v) is 11.3. The van der Waals surface area contributed by atoms with E-state index in [4.69, 9.17) is 10.2 Å². The lowest BCUT2D eigenvalue weighted by molar-refractivity contribution is -0.146. The second-order valence-corrected chi connectivity index (χ2v) is 5.01. The van der Waals surface area contributed by atoms with Crippen molar-refractivity contribution in [3.05, 3.63) is 46.7 Å². The summed E-state index contributed by atoms with van der Waals surface area (Å²) in [5.74, 6) is -1.75. The number of amides is 1. The molecule has 1 atom stereocenters.